The SMILES string of the molecule is CC(C)n1ccc(-c2nc3n(c2C2=CN4C(C#N)=CNC4C=C2)CCC3)n1. The number of nitriles is 1. The van der Waals surface area contributed by atoms with Gasteiger partial charge in [0.05, 0.1) is 5.69 Å². The van der Waals surface area contributed by atoms with Crippen molar-refractivity contribution in [3.05, 3.63) is 54.0 Å². The van der Waals surface area contributed by atoms with E-state index in [1.807, 2.05) is 28.0 Å². The van der Waals surface area contributed by atoms with Crippen molar-refractivity contribution in [2.75, 3.05) is 0 Å². The van der Waals surface area contributed by atoms with Crippen LogP contribution in [-0.4, -0.2) is 30.4 Å². The minimum absolute atomic E-state index is 0.00738. The second-order valence-electron chi connectivity index (χ2n) is 7.36. The summed E-state index contributed by atoms with van der Waals surface area (Å²) in [7, 11) is 0. The molecule has 5 rings (SSSR count). The lowest BCUT2D eigenvalue weighted by Gasteiger charge is -2.25. The zero-order chi connectivity index (χ0) is 18.5. The molecule has 0 amide bonds. The number of imidazole rings is 1. The molecule has 5 heterocycles. The Kier molecular flexibility index (Phi) is 3.47. The molecule has 27 heavy (non-hydrogen) atoms. The van der Waals surface area contributed by atoms with E-state index in [4.69, 9.17) is 10.1 Å². The van der Waals surface area contributed by atoms with E-state index in [2.05, 4.69) is 42.0 Å². The van der Waals surface area contributed by atoms with E-state index in [1.54, 1.807) is 6.20 Å². The van der Waals surface area contributed by atoms with Gasteiger partial charge in [0.2, 0.25) is 0 Å². The molecule has 2 aromatic rings. The fourth-order valence-electron chi connectivity index (χ4n) is 3.93. The Balaban J connectivity index is 1.63. The van der Waals surface area contributed by atoms with Crippen LogP contribution < -0.4 is 5.32 Å². The van der Waals surface area contributed by atoms with Gasteiger partial charge >= 0.3 is 0 Å². The Labute approximate surface area is 157 Å². The molecule has 7 heteroatoms. The largest absolute Gasteiger partial charge is 0.365 e. The molecule has 0 radical (unpaired) electrons. The average molecular weight is 359 g/mol. The van der Waals surface area contributed by atoms with Crippen LogP contribution in [0.15, 0.2) is 42.5 Å². The lowest BCUT2D eigenvalue weighted by atomic mass is 10.1. The number of nitrogens with zero attached hydrogens (tertiary/aromatic N) is 6. The minimum atomic E-state index is 0.00738. The van der Waals surface area contributed by atoms with E-state index < -0.39 is 0 Å². The molecule has 0 aliphatic carbocycles. The summed E-state index contributed by atoms with van der Waals surface area (Å²) in [6, 6.07) is 4.60. The molecule has 3 aliphatic heterocycles. The number of nitrogens with one attached hydrogen (secondary N) is 1. The molecule has 0 bridgehead atoms. The number of hydrogen-bond acceptors (Lipinski definition) is 5. The third-order valence-electron chi connectivity index (χ3n) is 5.30. The van der Waals surface area contributed by atoms with Gasteiger partial charge in [-0.05, 0) is 32.4 Å². The smallest absolute Gasteiger partial charge is 0.138 e. The van der Waals surface area contributed by atoms with E-state index >= 15 is 0 Å². The number of rotatable bonds is 3. The van der Waals surface area contributed by atoms with Crippen molar-refractivity contribution in [2.24, 2.45) is 0 Å². The standard InChI is InChI=1S/C20H21N7/c1-13(2)27-9-7-16(24-27)19-20(25-8-3-4-18(25)23-19)14-5-6-17-22-11-15(10-21)26(17)12-14/h5-7,9,11-13,17,22H,3-4,8H2,1-2H3. The number of fused-ring (bicyclic) bond motifs is 2. The molecule has 0 saturated carbocycles. The second kappa shape index (κ2) is 5.88. The highest BCUT2D eigenvalue weighted by molar-refractivity contribution is 5.82. The first-order valence-corrected chi connectivity index (χ1v) is 9.35. The van der Waals surface area contributed by atoms with Crippen LogP contribution in [0.25, 0.3) is 17.0 Å². The molecule has 1 atom stereocenters. The van der Waals surface area contributed by atoms with Crippen molar-refractivity contribution in [1.29, 1.82) is 5.26 Å². The van der Waals surface area contributed by atoms with Gasteiger partial charge in [-0.1, -0.05) is 6.08 Å². The summed E-state index contributed by atoms with van der Waals surface area (Å²) in [5.74, 6) is 1.12. The maximum Gasteiger partial charge on any atom is 0.138 e. The highest BCUT2D eigenvalue weighted by Crippen LogP contribution is 2.35. The molecule has 2 aromatic heterocycles. The van der Waals surface area contributed by atoms with Gasteiger partial charge in [0.1, 0.15) is 35.1 Å². The van der Waals surface area contributed by atoms with E-state index in [1.165, 1.54) is 0 Å². The van der Waals surface area contributed by atoms with Gasteiger partial charge < -0.3 is 14.8 Å². The lowest BCUT2D eigenvalue weighted by Crippen LogP contribution is -2.33. The van der Waals surface area contributed by atoms with Crippen molar-refractivity contribution in [1.82, 2.24) is 29.5 Å². The lowest BCUT2D eigenvalue weighted by molar-refractivity contribution is 0.413. The average Bonchev–Trinajstić information content (AvgIpc) is 3.41. The van der Waals surface area contributed by atoms with Gasteiger partial charge in [0.15, 0.2) is 0 Å². The Bertz CT molecular complexity index is 1040. The van der Waals surface area contributed by atoms with Crippen LogP contribution in [-0.2, 0) is 13.0 Å². The molecule has 3 aliphatic rings. The summed E-state index contributed by atoms with van der Waals surface area (Å²) in [5, 5.41) is 17.3. The van der Waals surface area contributed by atoms with Crippen molar-refractivity contribution >= 4 is 5.57 Å². The van der Waals surface area contributed by atoms with Crippen molar-refractivity contribution in [3.63, 3.8) is 0 Å². The van der Waals surface area contributed by atoms with E-state index in [-0.39, 0.29) is 6.17 Å². The highest BCUT2D eigenvalue weighted by Gasteiger charge is 2.30. The molecule has 1 N–H and O–H groups in total. The van der Waals surface area contributed by atoms with E-state index in [0.29, 0.717) is 11.7 Å². The van der Waals surface area contributed by atoms with Gasteiger partial charge in [-0.25, -0.2) is 4.98 Å². The number of aromatic nitrogens is 4. The third kappa shape index (κ3) is 2.40. The molecule has 7 nitrogen and oxygen atoms in total. The second-order valence-corrected chi connectivity index (χ2v) is 7.36. The highest BCUT2D eigenvalue weighted by atomic mass is 15.3. The van der Waals surface area contributed by atoms with Gasteiger partial charge in [0, 0.05) is 43.2 Å². The Morgan fingerprint density at radius 2 is 2.26 bits per heavy atom. The van der Waals surface area contributed by atoms with Crippen LogP contribution in [0.3, 0.4) is 0 Å². The van der Waals surface area contributed by atoms with Crippen LogP contribution in [0.2, 0.25) is 0 Å². The zero-order valence-corrected chi connectivity index (χ0v) is 15.4. The number of aryl methyl sites for hydroxylation is 1. The van der Waals surface area contributed by atoms with Crippen LogP contribution in [0.1, 0.15) is 37.8 Å². The molecule has 0 aromatic carbocycles. The third-order valence-corrected chi connectivity index (χ3v) is 5.30. The van der Waals surface area contributed by atoms with Crippen molar-refractivity contribution in [2.45, 2.75) is 45.4 Å². The molecular formula is C20H21N7. The van der Waals surface area contributed by atoms with Gasteiger partial charge in [-0.2, -0.15) is 10.4 Å². The normalized spacial score (nSPS) is 20.2. The van der Waals surface area contributed by atoms with Gasteiger partial charge in [0.25, 0.3) is 0 Å². The predicted molar refractivity (Wildman–Crippen MR) is 102 cm³/mol. The first-order valence-electron chi connectivity index (χ1n) is 9.35. The quantitative estimate of drug-likeness (QED) is 0.912. The number of allylic oxidation sites excluding steroid dienone is 3. The van der Waals surface area contributed by atoms with Crippen molar-refractivity contribution < 1.29 is 0 Å². The Morgan fingerprint density at radius 3 is 3.04 bits per heavy atom. The van der Waals surface area contributed by atoms with Gasteiger partial charge in [-0.3, -0.25) is 4.68 Å². The minimum Gasteiger partial charge on any atom is -0.365 e. The van der Waals surface area contributed by atoms with Crippen LogP contribution in [0.5, 0.6) is 0 Å². The fourth-order valence-corrected chi connectivity index (χ4v) is 3.93. The van der Waals surface area contributed by atoms with Crippen molar-refractivity contribution in [3.8, 4) is 17.5 Å². The van der Waals surface area contributed by atoms with Crippen LogP contribution >= 0.6 is 0 Å². The summed E-state index contributed by atoms with van der Waals surface area (Å²) in [6.07, 6.45) is 12.1. The summed E-state index contributed by atoms with van der Waals surface area (Å²) in [6.45, 7) is 5.21. The zero-order valence-electron chi connectivity index (χ0n) is 15.4. The number of hydrogen-bond donors (Lipinski definition) is 1. The maximum absolute atomic E-state index is 9.38. The molecule has 0 saturated heterocycles. The molecule has 1 unspecified atom stereocenters. The van der Waals surface area contributed by atoms with E-state index in [9.17, 15) is 5.26 Å². The Hall–Kier alpha value is -3.27. The first kappa shape index (κ1) is 15.9. The summed E-state index contributed by atoms with van der Waals surface area (Å²) in [5.41, 5.74) is 4.59. The van der Waals surface area contributed by atoms with Crippen LogP contribution in [0, 0.1) is 11.3 Å². The monoisotopic (exact) mass is 359 g/mol. The summed E-state index contributed by atoms with van der Waals surface area (Å²) in [4.78, 5) is 6.91. The molecule has 136 valence electrons. The molecular weight excluding hydrogens is 338 g/mol. The predicted octanol–water partition coefficient (Wildman–Crippen LogP) is 2.78. The maximum atomic E-state index is 9.38. The van der Waals surface area contributed by atoms with Gasteiger partial charge in [-0.15, -0.1) is 0 Å². The molecule has 0 spiro atoms. The fraction of sp³-hybridized carbons (Fsp3) is 0.350. The van der Waals surface area contributed by atoms with Crippen LogP contribution in [0.4, 0.5) is 0 Å². The topological polar surface area (TPSA) is 74.7 Å². The summed E-state index contributed by atoms with van der Waals surface area (Å²) >= 11 is 0. The molecule has 0 fully saturated rings. The van der Waals surface area contributed by atoms with E-state index in [0.717, 1.165) is 47.9 Å². The Morgan fingerprint density at radius 1 is 1.37 bits per heavy atom. The summed E-state index contributed by atoms with van der Waals surface area (Å²) < 4.78 is 4.27. The first-order chi connectivity index (χ1) is 13.2.